The van der Waals surface area contributed by atoms with Crippen molar-refractivity contribution in [2.45, 2.75) is 29.9 Å². The number of carbonyl (C=O) groups excluding carboxylic acids is 1. The number of aromatic nitrogens is 5. The van der Waals surface area contributed by atoms with Gasteiger partial charge in [0, 0.05) is 31.3 Å². The minimum absolute atomic E-state index is 0.0293. The Balaban J connectivity index is 1.57. The van der Waals surface area contributed by atoms with E-state index < -0.39 is 0 Å². The van der Waals surface area contributed by atoms with Crippen molar-refractivity contribution in [1.82, 2.24) is 30.3 Å². The molecule has 3 heterocycles. The molecule has 10 heteroatoms. The fraction of sp³-hybridized carbons (Fsp3) is 0.316. The van der Waals surface area contributed by atoms with E-state index in [1.165, 1.54) is 28.6 Å². The third kappa shape index (κ3) is 4.77. The molecular formula is C19H19FN6O2S. The van der Waals surface area contributed by atoms with Gasteiger partial charge in [0.1, 0.15) is 5.82 Å². The molecular weight excluding hydrogens is 395 g/mol. The maximum absolute atomic E-state index is 13.3. The number of nitrogens with zero attached hydrogens (tertiary/aromatic N) is 5. The van der Waals surface area contributed by atoms with Crippen molar-refractivity contribution in [2.24, 2.45) is 0 Å². The summed E-state index contributed by atoms with van der Waals surface area (Å²) in [6, 6.07) is 7.59. The van der Waals surface area contributed by atoms with Gasteiger partial charge in [-0.2, -0.15) is 0 Å². The first-order valence-electron chi connectivity index (χ1n) is 9.21. The van der Waals surface area contributed by atoms with Gasteiger partial charge in [0.2, 0.25) is 0 Å². The molecule has 1 unspecified atom stereocenters. The lowest BCUT2D eigenvalue weighted by Crippen LogP contribution is -2.32. The molecule has 29 heavy (non-hydrogen) atoms. The highest BCUT2D eigenvalue weighted by molar-refractivity contribution is 7.98. The zero-order valence-electron chi connectivity index (χ0n) is 15.5. The summed E-state index contributed by atoms with van der Waals surface area (Å²) >= 11 is 1.36. The van der Waals surface area contributed by atoms with Crippen LogP contribution < -0.4 is 5.32 Å². The molecule has 150 valence electrons. The Morgan fingerprint density at radius 3 is 2.79 bits per heavy atom. The van der Waals surface area contributed by atoms with Crippen LogP contribution >= 0.6 is 11.8 Å². The lowest BCUT2D eigenvalue weighted by Gasteiger charge is -2.11. The monoisotopic (exact) mass is 414 g/mol. The van der Waals surface area contributed by atoms with Crippen molar-refractivity contribution in [3.8, 4) is 5.69 Å². The number of carbonyl (C=O) groups is 1. The third-order valence-corrected chi connectivity index (χ3v) is 5.33. The lowest BCUT2D eigenvalue weighted by atomic mass is 10.2. The number of nitrogens with one attached hydrogen (secondary N) is 1. The van der Waals surface area contributed by atoms with E-state index in [2.05, 4.69) is 25.6 Å². The van der Waals surface area contributed by atoms with Crippen LogP contribution in [0.25, 0.3) is 5.69 Å². The average molecular weight is 414 g/mol. The number of amides is 1. The van der Waals surface area contributed by atoms with E-state index in [4.69, 9.17) is 4.74 Å². The van der Waals surface area contributed by atoms with Crippen molar-refractivity contribution in [3.63, 3.8) is 0 Å². The number of benzene rings is 1. The molecule has 2 aromatic heterocycles. The maximum atomic E-state index is 13.3. The highest BCUT2D eigenvalue weighted by Crippen LogP contribution is 2.23. The predicted octanol–water partition coefficient (Wildman–Crippen LogP) is 2.40. The van der Waals surface area contributed by atoms with Crippen molar-refractivity contribution in [1.29, 1.82) is 0 Å². The topological polar surface area (TPSA) is 94.8 Å². The largest absolute Gasteiger partial charge is 0.376 e. The molecule has 1 aromatic carbocycles. The summed E-state index contributed by atoms with van der Waals surface area (Å²) in [6.45, 7) is 1.15. The summed E-state index contributed by atoms with van der Waals surface area (Å²) in [7, 11) is 0. The molecule has 1 N–H and O–H groups in total. The van der Waals surface area contributed by atoms with Crippen LogP contribution in [0.5, 0.6) is 0 Å². The van der Waals surface area contributed by atoms with Crippen LogP contribution in [0.3, 0.4) is 0 Å². The molecule has 1 aliphatic heterocycles. The maximum Gasteiger partial charge on any atom is 0.273 e. The molecule has 4 rings (SSSR count). The van der Waals surface area contributed by atoms with Gasteiger partial charge in [-0.1, -0.05) is 17.0 Å². The first-order chi connectivity index (χ1) is 14.2. The van der Waals surface area contributed by atoms with Gasteiger partial charge in [-0.15, -0.1) is 5.10 Å². The molecule has 1 amide bonds. The molecule has 0 spiro atoms. The molecule has 1 aliphatic rings. The smallest absolute Gasteiger partial charge is 0.273 e. The van der Waals surface area contributed by atoms with Crippen LogP contribution in [0.1, 0.15) is 29.0 Å². The van der Waals surface area contributed by atoms with E-state index in [9.17, 15) is 9.18 Å². The van der Waals surface area contributed by atoms with Gasteiger partial charge in [-0.25, -0.2) is 19.0 Å². The van der Waals surface area contributed by atoms with Gasteiger partial charge in [0.15, 0.2) is 10.9 Å². The van der Waals surface area contributed by atoms with Gasteiger partial charge in [0.25, 0.3) is 5.91 Å². The van der Waals surface area contributed by atoms with E-state index in [0.717, 1.165) is 19.4 Å². The van der Waals surface area contributed by atoms with Gasteiger partial charge in [-0.3, -0.25) is 4.79 Å². The highest BCUT2D eigenvalue weighted by atomic mass is 32.2. The van der Waals surface area contributed by atoms with Gasteiger partial charge < -0.3 is 10.1 Å². The normalized spacial score (nSPS) is 16.1. The fourth-order valence-corrected chi connectivity index (χ4v) is 3.78. The summed E-state index contributed by atoms with van der Waals surface area (Å²) in [6.07, 6.45) is 5.26. The SMILES string of the molecule is O=C(NCC1CCCO1)c1nnn(-c2ccc(F)cc2)c1CSc1ncccn1. The van der Waals surface area contributed by atoms with Gasteiger partial charge in [-0.05, 0) is 43.2 Å². The minimum atomic E-state index is -0.350. The number of halogens is 1. The van der Waals surface area contributed by atoms with E-state index in [1.54, 1.807) is 30.6 Å². The lowest BCUT2D eigenvalue weighted by molar-refractivity contribution is 0.0853. The molecule has 0 saturated carbocycles. The Morgan fingerprint density at radius 1 is 1.28 bits per heavy atom. The summed E-state index contributed by atoms with van der Waals surface area (Å²) < 4.78 is 20.4. The van der Waals surface area contributed by atoms with Crippen LogP contribution in [-0.4, -0.2) is 50.1 Å². The van der Waals surface area contributed by atoms with Crippen molar-refractivity contribution < 1.29 is 13.9 Å². The standard InChI is InChI=1S/C19H19FN6O2S/c20-13-4-6-14(7-5-13)26-16(12-29-19-21-8-2-9-22-19)17(24-25-26)18(27)23-11-15-3-1-10-28-15/h2,4-9,15H,1,3,10-12H2,(H,23,27). The van der Waals surface area contributed by atoms with Crippen LogP contribution in [0.2, 0.25) is 0 Å². The van der Waals surface area contributed by atoms with Crippen molar-refractivity contribution in [2.75, 3.05) is 13.2 Å². The van der Waals surface area contributed by atoms with Gasteiger partial charge in [0.05, 0.1) is 17.5 Å². The molecule has 1 atom stereocenters. The number of rotatable bonds is 7. The Morgan fingerprint density at radius 2 is 2.07 bits per heavy atom. The van der Waals surface area contributed by atoms with Crippen LogP contribution in [0.4, 0.5) is 4.39 Å². The highest BCUT2D eigenvalue weighted by Gasteiger charge is 2.23. The fourth-order valence-electron chi connectivity index (χ4n) is 2.99. The van der Waals surface area contributed by atoms with Crippen LogP contribution in [-0.2, 0) is 10.5 Å². The summed E-state index contributed by atoms with van der Waals surface area (Å²) in [5.74, 6) is -0.299. The number of hydrogen-bond donors (Lipinski definition) is 1. The van der Waals surface area contributed by atoms with Gasteiger partial charge >= 0.3 is 0 Å². The van der Waals surface area contributed by atoms with Crippen molar-refractivity contribution >= 4 is 17.7 Å². The van der Waals surface area contributed by atoms with E-state index in [-0.39, 0.29) is 23.5 Å². The second-order valence-electron chi connectivity index (χ2n) is 6.44. The summed E-state index contributed by atoms with van der Waals surface area (Å²) in [5.41, 5.74) is 1.41. The average Bonchev–Trinajstić information content (AvgIpc) is 3.42. The zero-order valence-corrected chi connectivity index (χ0v) is 16.3. The first kappa shape index (κ1) is 19.5. The molecule has 1 saturated heterocycles. The van der Waals surface area contributed by atoms with E-state index in [0.29, 0.717) is 28.8 Å². The Labute approximate surface area is 170 Å². The second-order valence-corrected chi connectivity index (χ2v) is 7.38. The molecule has 3 aromatic rings. The third-order valence-electron chi connectivity index (χ3n) is 4.44. The summed E-state index contributed by atoms with van der Waals surface area (Å²) in [5, 5.41) is 11.7. The van der Waals surface area contributed by atoms with E-state index in [1.807, 2.05) is 0 Å². The number of ether oxygens (including phenoxy) is 1. The summed E-state index contributed by atoms with van der Waals surface area (Å²) in [4.78, 5) is 21.1. The molecule has 0 bridgehead atoms. The zero-order chi connectivity index (χ0) is 20.1. The Bertz CT molecular complexity index is 961. The molecule has 0 aliphatic carbocycles. The van der Waals surface area contributed by atoms with E-state index >= 15 is 0 Å². The minimum Gasteiger partial charge on any atom is -0.376 e. The van der Waals surface area contributed by atoms with Crippen LogP contribution in [0.15, 0.2) is 47.9 Å². The molecule has 1 fully saturated rings. The first-order valence-corrected chi connectivity index (χ1v) is 10.2. The van der Waals surface area contributed by atoms with Crippen LogP contribution in [0, 0.1) is 5.82 Å². The number of hydrogen-bond acceptors (Lipinski definition) is 7. The Kier molecular flexibility index (Phi) is 6.11. The molecule has 8 nitrogen and oxygen atoms in total. The second kappa shape index (κ2) is 9.10. The Hall–Kier alpha value is -2.85. The quantitative estimate of drug-likeness (QED) is 0.469. The molecule has 0 radical (unpaired) electrons. The predicted molar refractivity (Wildman–Crippen MR) is 104 cm³/mol. The van der Waals surface area contributed by atoms with Crippen molar-refractivity contribution in [3.05, 3.63) is 59.9 Å². The number of thioether (sulfide) groups is 1.